The first-order valence-electron chi connectivity index (χ1n) is 6.06. The summed E-state index contributed by atoms with van der Waals surface area (Å²) in [5.41, 5.74) is 1.35. The number of furan rings is 1. The highest BCUT2D eigenvalue weighted by Gasteiger charge is 2.17. The normalized spacial score (nSPS) is 11.3. The quantitative estimate of drug-likeness (QED) is 0.811. The molecule has 0 atom stereocenters. The minimum Gasteiger partial charge on any atom is -0.506 e. The molecule has 2 N–H and O–H groups in total. The molecule has 1 aromatic carbocycles. The van der Waals surface area contributed by atoms with Gasteiger partial charge in [0.2, 0.25) is 0 Å². The van der Waals surface area contributed by atoms with E-state index in [4.69, 9.17) is 4.42 Å². The molecule has 19 heavy (non-hydrogen) atoms. The molecule has 0 saturated carbocycles. The largest absolute Gasteiger partial charge is 0.506 e. The van der Waals surface area contributed by atoms with E-state index in [1.165, 1.54) is 6.26 Å². The number of carbonyl (C=O) groups is 1. The molecule has 1 aromatic heterocycles. The van der Waals surface area contributed by atoms with Gasteiger partial charge in [0.1, 0.15) is 5.75 Å². The second-order valence-electron chi connectivity index (χ2n) is 5.41. The van der Waals surface area contributed by atoms with Gasteiger partial charge in [-0.25, -0.2) is 0 Å². The summed E-state index contributed by atoms with van der Waals surface area (Å²) in [5.74, 6) is -0.139. The molecule has 0 spiro atoms. The van der Waals surface area contributed by atoms with Gasteiger partial charge >= 0.3 is 0 Å². The second kappa shape index (κ2) is 4.80. The Bertz CT molecular complexity index is 580. The Kier molecular flexibility index (Phi) is 3.34. The third-order valence-electron chi connectivity index (χ3n) is 2.86. The average Bonchev–Trinajstić information content (AvgIpc) is 2.84. The fraction of sp³-hybridized carbons (Fsp3) is 0.267. The standard InChI is InChI=1S/C15H17NO3/c1-15(2,3)10-6-7-12(17)11(9-10)16-14(18)13-5-4-8-19-13/h4-9,17H,1-3H3,(H,16,18). The molecule has 4 nitrogen and oxygen atoms in total. The van der Waals surface area contributed by atoms with E-state index in [9.17, 15) is 9.90 Å². The van der Waals surface area contributed by atoms with Crippen molar-refractivity contribution in [3.8, 4) is 5.75 Å². The van der Waals surface area contributed by atoms with E-state index in [2.05, 4.69) is 26.1 Å². The van der Waals surface area contributed by atoms with Crippen LogP contribution in [0.2, 0.25) is 0 Å². The highest BCUT2D eigenvalue weighted by molar-refractivity contribution is 6.03. The number of hydrogen-bond acceptors (Lipinski definition) is 3. The van der Waals surface area contributed by atoms with Crippen molar-refractivity contribution in [2.75, 3.05) is 5.32 Å². The van der Waals surface area contributed by atoms with Gasteiger partial charge in [0, 0.05) is 0 Å². The van der Waals surface area contributed by atoms with Crippen molar-refractivity contribution in [3.05, 3.63) is 47.9 Å². The van der Waals surface area contributed by atoms with Gasteiger partial charge in [0.25, 0.3) is 5.91 Å². The molecule has 0 aliphatic carbocycles. The van der Waals surface area contributed by atoms with Crippen LogP contribution < -0.4 is 5.32 Å². The SMILES string of the molecule is CC(C)(C)c1ccc(O)c(NC(=O)c2ccco2)c1. The zero-order chi connectivity index (χ0) is 14.0. The molecule has 2 rings (SSSR count). The van der Waals surface area contributed by atoms with E-state index < -0.39 is 0 Å². The molecule has 0 saturated heterocycles. The Hall–Kier alpha value is -2.23. The lowest BCUT2D eigenvalue weighted by atomic mass is 9.87. The maximum absolute atomic E-state index is 11.9. The summed E-state index contributed by atoms with van der Waals surface area (Å²) in [6.45, 7) is 6.20. The van der Waals surface area contributed by atoms with E-state index in [1.807, 2.05) is 6.07 Å². The van der Waals surface area contributed by atoms with Crippen molar-refractivity contribution in [3.63, 3.8) is 0 Å². The first kappa shape index (κ1) is 13.2. The minimum atomic E-state index is -0.383. The lowest BCUT2D eigenvalue weighted by molar-refractivity contribution is 0.0996. The number of phenolic OH excluding ortho intramolecular Hbond substituents is 1. The van der Waals surface area contributed by atoms with Crippen LogP contribution in [0.1, 0.15) is 36.9 Å². The van der Waals surface area contributed by atoms with Crippen molar-refractivity contribution < 1.29 is 14.3 Å². The van der Waals surface area contributed by atoms with E-state index in [-0.39, 0.29) is 22.8 Å². The maximum Gasteiger partial charge on any atom is 0.291 e. The maximum atomic E-state index is 11.9. The molecule has 100 valence electrons. The number of phenols is 1. The van der Waals surface area contributed by atoms with Crippen LogP contribution >= 0.6 is 0 Å². The number of carbonyl (C=O) groups excluding carboxylic acids is 1. The van der Waals surface area contributed by atoms with Crippen molar-refractivity contribution in [2.45, 2.75) is 26.2 Å². The molecule has 0 aliphatic heterocycles. The molecule has 1 heterocycles. The summed E-state index contributed by atoms with van der Waals surface area (Å²) >= 11 is 0. The summed E-state index contributed by atoms with van der Waals surface area (Å²) < 4.78 is 5.01. The van der Waals surface area contributed by atoms with Gasteiger partial charge in [0.15, 0.2) is 5.76 Å². The first-order chi connectivity index (χ1) is 8.88. The smallest absolute Gasteiger partial charge is 0.291 e. The predicted octanol–water partition coefficient (Wildman–Crippen LogP) is 3.54. The summed E-state index contributed by atoms with van der Waals surface area (Å²) in [7, 11) is 0. The molecule has 0 unspecified atom stereocenters. The van der Waals surface area contributed by atoms with Crippen molar-refractivity contribution >= 4 is 11.6 Å². The number of amides is 1. The number of nitrogens with one attached hydrogen (secondary N) is 1. The second-order valence-corrected chi connectivity index (χ2v) is 5.41. The Balaban J connectivity index is 2.27. The van der Waals surface area contributed by atoms with Crippen LogP contribution in [0.3, 0.4) is 0 Å². The summed E-state index contributed by atoms with van der Waals surface area (Å²) in [6.07, 6.45) is 1.43. The highest BCUT2D eigenvalue weighted by atomic mass is 16.3. The third-order valence-corrected chi connectivity index (χ3v) is 2.86. The number of hydrogen-bond donors (Lipinski definition) is 2. The summed E-state index contributed by atoms with van der Waals surface area (Å²) in [5, 5.41) is 12.4. The fourth-order valence-corrected chi connectivity index (χ4v) is 1.69. The molecule has 0 aliphatic rings. The van der Waals surface area contributed by atoms with E-state index in [0.29, 0.717) is 5.69 Å². The van der Waals surface area contributed by atoms with Crippen LogP contribution in [0.15, 0.2) is 41.0 Å². The molecular formula is C15H17NO3. The summed E-state index contributed by atoms with van der Waals surface area (Å²) in [4.78, 5) is 11.9. The van der Waals surface area contributed by atoms with Gasteiger partial charge in [-0.05, 0) is 35.2 Å². The molecule has 0 radical (unpaired) electrons. The van der Waals surface area contributed by atoms with Crippen molar-refractivity contribution in [1.82, 2.24) is 0 Å². The third kappa shape index (κ3) is 2.96. The number of aromatic hydroxyl groups is 1. The Morgan fingerprint density at radius 1 is 1.26 bits per heavy atom. The molecular weight excluding hydrogens is 242 g/mol. The van der Waals surface area contributed by atoms with Gasteiger partial charge < -0.3 is 14.8 Å². The molecule has 2 aromatic rings. The monoisotopic (exact) mass is 259 g/mol. The van der Waals surface area contributed by atoms with Crippen LogP contribution in [0.5, 0.6) is 5.75 Å². The number of anilines is 1. The lowest BCUT2D eigenvalue weighted by Gasteiger charge is -2.20. The Morgan fingerprint density at radius 3 is 2.58 bits per heavy atom. The van der Waals surface area contributed by atoms with Crippen LogP contribution in [-0.2, 0) is 5.41 Å². The van der Waals surface area contributed by atoms with E-state index >= 15 is 0 Å². The van der Waals surface area contributed by atoms with Gasteiger partial charge in [-0.3, -0.25) is 4.79 Å². The van der Waals surface area contributed by atoms with Gasteiger partial charge in [-0.15, -0.1) is 0 Å². The molecule has 1 amide bonds. The highest BCUT2D eigenvalue weighted by Crippen LogP contribution is 2.30. The van der Waals surface area contributed by atoms with Gasteiger partial charge in [-0.1, -0.05) is 26.8 Å². The van der Waals surface area contributed by atoms with Crippen LogP contribution in [0.25, 0.3) is 0 Å². The Morgan fingerprint density at radius 2 is 2.00 bits per heavy atom. The minimum absolute atomic E-state index is 0.0351. The van der Waals surface area contributed by atoms with Gasteiger partial charge in [-0.2, -0.15) is 0 Å². The average molecular weight is 259 g/mol. The first-order valence-corrected chi connectivity index (χ1v) is 6.06. The Labute approximate surface area is 112 Å². The van der Waals surface area contributed by atoms with E-state index in [1.54, 1.807) is 24.3 Å². The lowest BCUT2D eigenvalue weighted by Crippen LogP contribution is -2.14. The molecule has 4 heteroatoms. The number of benzene rings is 1. The van der Waals surface area contributed by atoms with Crippen LogP contribution in [0.4, 0.5) is 5.69 Å². The fourth-order valence-electron chi connectivity index (χ4n) is 1.69. The topological polar surface area (TPSA) is 62.5 Å². The molecule has 0 fully saturated rings. The van der Waals surface area contributed by atoms with Gasteiger partial charge in [0.05, 0.1) is 12.0 Å². The van der Waals surface area contributed by atoms with E-state index in [0.717, 1.165) is 5.56 Å². The zero-order valence-electron chi connectivity index (χ0n) is 11.2. The van der Waals surface area contributed by atoms with Crippen LogP contribution in [0, 0.1) is 0 Å². The molecule has 0 bridgehead atoms. The van der Waals surface area contributed by atoms with Crippen LogP contribution in [-0.4, -0.2) is 11.0 Å². The summed E-state index contributed by atoms with van der Waals surface area (Å²) in [6, 6.07) is 8.41. The van der Waals surface area contributed by atoms with Crippen molar-refractivity contribution in [2.24, 2.45) is 0 Å². The number of rotatable bonds is 2. The van der Waals surface area contributed by atoms with Crippen molar-refractivity contribution in [1.29, 1.82) is 0 Å². The predicted molar refractivity (Wildman–Crippen MR) is 73.5 cm³/mol. The zero-order valence-corrected chi connectivity index (χ0v) is 11.2.